The molecule has 0 aliphatic carbocycles. The minimum atomic E-state index is -0.665. The van der Waals surface area contributed by atoms with E-state index in [-0.39, 0.29) is 0 Å². The predicted octanol–water partition coefficient (Wildman–Crippen LogP) is 3.05. The van der Waals surface area contributed by atoms with Gasteiger partial charge in [0.05, 0.1) is 5.56 Å². The number of rotatable bonds is 3. The van der Waals surface area contributed by atoms with E-state index < -0.39 is 12.0 Å². The Morgan fingerprint density at radius 3 is 2.15 bits per heavy atom. The molecule has 2 aromatic carbocycles. The summed E-state index contributed by atoms with van der Waals surface area (Å²) in [6, 6.07) is 12.0. The van der Waals surface area contributed by atoms with Gasteiger partial charge in [0.25, 0.3) is 0 Å². The van der Waals surface area contributed by atoms with Crippen LogP contribution in [0.3, 0.4) is 0 Å². The van der Waals surface area contributed by atoms with E-state index in [1.54, 1.807) is 36.4 Å². The second-order valence-electron chi connectivity index (χ2n) is 3.91. The fourth-order valence-corrected chi connectivity index (χ4v) is 1.63. The molecule has 102 valence electrons. The van der Waals surface area contributed by atoms with Crippen molar-refractivity contribution >= 4 is 29.3 Å². The van der Waals surface area contributed by atoms with Gasteiger partial charge in [0.1, 0.15) is 5.75 Å². The van der Waals surface area contributed by atoms with E-state index >= 15 is 0 Å². The molecule has 0 heterocycles. The Labute approximate surface area is 120 Å². The highest BCUT2D eigenvalue weighted by molar-refractivity contribution is 6.30. The SMILES string of the molecule is NC(=O)Nc1ccc(C(=O)Oc2ccc(Cl)cc2)cc1. The molecule has 0 aliphatic heterocycles. The maximum absolute atomic E-state index is 11.9. The number of anilines is 1. The topological polar surface area (TPSA) is 81.4 Å². The summed E-state index contributed by atoms with van der Waals surface area (Å²) < 4.78 is 5.17. The summed E-state index contributed by atoms with van der Waals surface area (Å²) in [6.07, 6.45) is 0. The quantitative estimate of drug-likeness (QED) is 0.673. The summed E-state index contributed by atoms with van der Waals surface area (Å²) in [4.78, 5) is 22.5. The third-order valence-corrected chi connectivity index (χ3v) is 2.66. The second-order valence-corrected chi connectivity index (χ2v) is 4.35. The molecule has 3 N–H and O–H groups in total. The van der Waals surface area contributed by atoms with Gasteiger partial charge in [-0.25, -0.2) is 9.59 Å². The summed E-state index contributed by atoms with van der Waals surface area (Å²) in [5, 5.41) is 2.96. The Balaban J connectivity index is 2.05. The Morgan fingerprint density at radius 2 is 1.60 bits per heavy atom. The molecule has 0 radical (unpaired) electrons. The Kier molecular flexibility index (Phi) is 4.22. The molecule has 0 unspecified atom stereocenters. The summed E-state index contributed by atoms with van der Waals surface area (Å²) in [7, 11) is 0. The fourth-order valence-electron chi connectivity index (χ4n) is 1.50. The maximum Gasteiger partial charge on any atom is 0.343 e. The standard InChI is InChI=1S/C14H11ClN2O3/c15-10-3-7-12(8-4-10)20-13(18)9-1-5-11(6-2-9)17-14(16)19/h1-8H,(H3,16,17,19). The van der Waals surface area contributed by atoms with Crippen molar-refractivity contribution in [3.05, 3.63) is 59.1 Å². The smallest absolute Gasteiger partial charge is 0.343 e. The molecular formula is C14H11ClN2O3. The van der Waals surface area contributed by atoms with Crippen molar-refractivity contribution in [2.24, 2.45) is 5.73 Å². The van der Waals surface area contributed by atoms with Crippen molar-refractivity contribution < 1.29 is 14.3 Å². The number of hydrogen-bond donors (Lipinski definition) is 2. The summed E-state index contributed by atoms with van der Waals surface area (Å²) in [6.45, 7) is 0. The molecule has 2 amide bonds. The summed E-state index contributed by atoms with van der Waals surface area (Å²) >= 11 is 5.74. The molecule has 5 nitrogen and oxygen atoms in total. The molecule has 2 aromatic rings. The van der Waals surface area contributed by atoms with Crippen LogP contribution in [0.2, 0.25) is 5.02 Å². The number of ether oxygens (including phenoxy) is 1. The molecular weight excluding hydrogens is 280 g/mol. The largest absolute Gasteiger partial charge is 0.423 e. The molecule has 20 heavy (non-hydrogen) atoms. The average molecular weight is 291 g/mol. The second kappa shape index (κ2) is 6.08. The van der Waals surface area contributed by atoms with Crippen LogP contribution in [-0.4, -0.2) is 12.0 Å². The summed E-state index contributed by atoms with van der Waals surface area (Å²) in [5.74, 6) is -0.100. The van der Waals surface area contributed by atoms with Crippen LogP contribution in [0.4, 0.5) is 10.5 Å². The van der Waals surface area contributed by atoms with Crippen molar-refractivity contribution in [3.63, 3.8) is 0 Å². The monoisotopic (exact) mass is 290 g/mol. The number of carbonyl (C=O) groups is 2. The number of urea groups is 1. The highest BCUT2D eigenvalue weighted by atomic mass is 35.5. The maximum atomic E-state index is 11.9. The zero-order chi connectivity index (χ0) is 14.5. The third kappa shape index (κ3) is 3.73. The van der Waals surface area contributed by atoms with Crippen molar-refractivity contribution in [3.8, 4) is 5.75 Å². The van der Waals surface area contributed by atoms with Crippen LogP contribution in [0, 0.1) is 0 Å². The van der Waals surface area contributed by atoms with Gasteiger partial charge >= 0.3 is 12.0 Å². The van der Waals surface area contributed by atoms with E-state index in [2.05, 4.69) is 5.32 Å². The number of primary amides is 1. The Morgan fingerprint density at radius 1 is 1.00 bits per heavy atom. The van der Waals surface area contributed by atoms with Crippen LogP contribution in [-0.2, 0) is 0 Å². The number of carbonyl (C=O) groups excluding carboxylic acids is 2. The van der Waals surface area contributed by atoms with E-state index in [1.807, 2.05) is 0 Å². The average Bonchev–Trinajstić information content (AvgIpc) is 2.41. The van der Waals surface area contributed by atoms with Gasteiger partial charge in [0.15, 0.2) is 0 Å². The number of benzene rings is 2. The van der Waals surface area contributed by atoms with E-state index in [9.17, 15) is 9.59 Å². The van der Waals surface area contributed by atoms with E-state index in [0.717, 1.165) is 0 Å². The first-order valence-electron chi connectivity index (χ1n) is 5.69. The lowest BCUT2D eigenvalue weighted by molar-refractivity contribution is 0.0735. The van der Waals surface area contributed by atoms with E-state index in [1.165, 1.54) is 12.1 Å². The molecule has 2 rings (SSSR count). The number of nitrogens with two attached hydrogens (primary N) is 1. The Bertz CT molecular complexity index is 624. The zero-order valence-electron chi connectivity index (χ0n) is 10.3. The highest BCUT2D eigenvalue weighted by Gasteiger charge is 2.08. The minimum Gasteiger partial charge on any atom is -0.423 e. The van der Waals surface area contributed by atoms with E-state index in [0.29, 0.717) is 22.0 Å². The van der Waals surface area contributed by atoms with Gasteiger partial charge in [-0.15, -0.1) is 0 Å². The van der Waals surface area contributed by atoms with Crippen molar-refractivity contribution in [2.45, 2.75) is 0 Å². The van der Waals surface area contributed by atoms with Crippen LogP contribution < -0.4 is 15.8 Å². The Hall–Kier alpha value is -2.53. The lowest BCUT2D eigenvalue weighted by Crippen LogP contribution is -2.19. The molecule has 0 bridgehead atoms. The normalized spacial score (nSPS) is 9.85. The van der Waals surface area contributed by atoms with Crippen LogP contribution in [0.25, 0.3) is 0 Å². The van der Waals surface area contributed by atoms with Crippen LogP contribution in [0.15, 0.2) is 48.5 Å². The first-order valence-corrected chi connectivity index (χ1v) is 6.06. The minimum absolute atomic E-state index is 0.356. The van der Waals surface area contributed by atoms with Crippen molar-refractivity contribution in [1.82, 2.24) is 0 Å². The lowest BCUT2D eigenvalue weighted by Gasteiger charge is -2.05. The molecule has 0 fully saturated rings. The summed E-state index contributed by atoms with van der Waals surface area (Å²) in [5.41, 5.74) is 5.84. The predicted molar refractivity (Wildman–Crippen MR) is 76.1 cm³/mol. The van der Waals surface area contributed by atoms with Gasteiger partial charge in [-0.05, 0) is 48.5 Å². The van der Waals surface area contributed by atoms with Gasteiger partial charge in [0, 0.05) is 10.7 Å². The first-order chi connectivity index (χ1) is 9.54. The van der Waals surface area contributed by atoms with Crippen LogP contribution in [0.1, 0.15) is 10.4 Å². The van der Waals surface area contributed by atoms with Crippen LogP contribution >= 0.6 is 11.6 Å². The molecule has 0 saturated carbocycles. The van der Waals surface area contributed by atoms with E-state index in [4.69, 9.17) is 22.1 Å². The first kappa shape index (κ1) is 13.9. The fraction of sp³-hybridized carbons (Fsp3) is 0. The molecule has 0 atom stereocenters. The molecule has 0 aromatic heterocycles. The van der Waals surface area contributed by atoms with Gasteiger partial charge in [-0.1, -0.05) is 11.6 Å². The van der Waals surface area contributed by atoms with Crippen molar-refractivity contribution in [1.29, 1.82) is 0 Å². The van der Waals surface area contributed by atoms with Crippen molar-refractivity contribution in [2.75, 3.05) is 5.32 Å². The number of nitrogens with one attached hydrogen (secondary N) is 1. The number of esters is 1. The highest BCUT2D eigenvalue weighted by Crippen LogP contribution is 2.17. The third-order valence-electron chi connectivity index (χ3n) is 2.41. The van der Waals surface area contributed by atoms with Crippen LogP contribution in [0.5, 0.6) is 5.75 Å². The van der Waals surface area contributed by atoms with Gasteiger partial charge < -0.3 is 15.8 Å². The van der Waals surface area contributed by atoms with Gasteiger partial charge in [-0.2, -0.15) is 0 Å². The number of halogens is 1. The number of amides is 2. The molecule has 0 aliphatic rings. The molecule has 0 spiro atoms. The van der Waals surface area contributed by atoms with Gasteiger partial charge in [0.2, 0.25) is 0 Å². The number of hydrogen-bond acceptors (Lipinski definition) is 3. The molecule has 6 heteroatoms. The van der Waals surface area contributed by atoms with Gasteiger partial charge in [-0.3, -0.25) is 0 Å². The lowest BCUT2D eigenvalue weighted by atomic mass is 10.2. The zero-order valence-corrected chi connectivity index (χ0v) is 11.1. The molecule has 0 saturated heterocycles.